The fraction of sp³-hybridized carbons (Fsp3) is 0.444. The van der Waals surface area contributed by atoms with Crippen LogP contribution in [0.5, 0.6) is 0 Å². The second kappa shape index (κ2) is 7.81. The van der Waals surface area contributed by atoms with Gasteiger partial charge in [0.05, 0.1) is 13.0 Å². The van der Waals surface area contributed by atoms with Gasteiger partial charge in [0.25, 0.3) is 0 Å². The number of ether oxygens (including phenoxy) is 1. The van der Waals surface area contributed by atoms with E-state index < -0.39 is 0 Å². The highest BCUT2D eigenvalue weighted by molar-refractivity contribution is 5.99. The molecule has 5 heteroatoms. The number of carbonyl (C=O) groups excluding carboxylic acids is 2. The lowest BCUT2D eigenvalue weighted by atomic mass is 10.1. The molecule has 0 N–H and O–H groups in total. The number of aromatic nitrogens is 1. The maximum Gasteiger partial charge on any atom is 0.307 e. The van der Waals surface area contributed by atoms with Gasteiger partial charge in [-0.25, -0.2) is 0 Å². The monoisotopic (exact) mass is 316 g/mol. The van der Waals surface area contributed by atoms with Crippen molar-refractivity contribution >= 4 is 28.8 Å². The predicted molar refractivity (Wildman–Crippen MR) is 92.1 cm³/mol. The second-order valence-electron chi connectivity index (χ2n) is 5.56. The standard InChI is InChI=1S/C18H24N2O3/c1-4-9-20(10-8-18(22)23-5-2)15-6-7-17-16(11-15)14(13-21)12-19(17)3/h6-7,11-13H,4-5,8-10H2,1-3H3. The van der Waals surface area contributed by atoms with Crippen LogP contribution in [-0.4, -0.2) is 36.5 Å². The number of nitrogens with zero attached hydrogens (tertiary/aromatic N) is 2. The summed E-state index contributed by atoms with van der Waals surface area (Å²) in [6, 6.07) is 6.09. The molecule has 0 amide bonds. The van der Waals surface area contributed by atoms with Gasteiger partial charge in [0, 0.05) is 48.5 Å². The Hall–Kier alpha value is -2.30. The second-order valence-corrected chi connectivity index (χ2v) is 5.56. The third-order valence-corrected chi connectivity index (χ3v) is 3.88. The van der Waals surface area contributed by atoms with E-state index >= 15 is 0 Å². The Kier molecular flexibility index (Phi) is 5.79. The summed E-state index contributed by atoms with van der Waals surface area (Å²) in [6.45, 7) is 5.79. The lowest BCUT2D eigenvalue weighted by Gasteiger charge is -2.24. The van der Waals surface area contributed by atoms with E-state index in [2.05, 4.69) is 11.8 Å². The van der Waals surface area contributed by atoms with Crippen LogP contribution in [0.2, 0.25) is 0 Å². The Morgan fingerprint density at radius 1 is 1.30 bits per heavy atom. The molecule has 23 heavy (non-hydrogen) atoms. The fourth-order valence-corrected chi connectivity index (χ4v) is 2.80. The molecule has 0 saturated heterocycles. The molecule has 0 spiro atoms. The largest absolute Gasteiger partial charge is 0.466 e. The molecule has 5 nitrogen and oxygen atoms in total. The zero-order chi connectivity index (χ0) is 16.8. The smallest absolute Gasteiger partial charge is 0.307 e. The van der Waals surface area contributed by atoms with Crippen LogP contribution in [0.1, 0.15) is 37.0 Å². The highest BCUT2D eigenvalue weighted by Crippen LogP contribution is 2.26. The van der Waals surface area contributed by atoms with E-state index in [0.717, 1.165) is 35.8 Å². The number of anilines is 1. The highest BCUT2D eigenvalue weighted by atomic mass is 16.5. The van der Waals surface area contributed by atoms with Crippen molar-refractivity contribution < 1.29 is 14.3 Å². The minimum atomic E-state index is -0.178. The van der Waals surface area contributed by atoms with Gasteiger partial charge >= 0.3 is 5.97 Å². The number of rotatable bonds is 8. The summed E-state index contributed by atoms with van der Waals surface area (Å²) in [7, 11) is 1.93. The van der Waals surface area contributed by atoms with E-state index in [9.17, 15) is 9.59 Å². The number of fused-ring (bicyclic) bond motifs is 1. The zero-order valence-corrected chi connectivity index (χ0v) is 14.0. The molecular weight excluding hydrogens is 292 g/mol. The van der Waals surface area contributed by atoms with Crippen molar-refractivity contribution in [2.45, 2.75) is 26.7 Å². The Morgan fingerprint density at radius 2 is 2.09 bits per heavy atom. The topological polar surface area (TPSA) is 51.5 Å². The Labute approximate surface area is 136 Å². The first-order valence-electron chi connectivity index (χ1n) is 8.05. The zero-order valence-electron chi connectivity index (χ0n) is 14.0. The van der Waals surface area contributed by atoms with Crippen molar-refractivity contribution in [1.82, 2.24) is 4.57 Å². The Balaban J connectivity index is 2.26. The van der Waals surface area contributed by atoms with Crippen LogP contribution in [-0.2, 0) is 16.6 Å². The Morgan fingerprint density at radius 3 is 2.74 bits per heavy atom. The Bertz CT molecular complexity index is 691. The third kappa shape index (κ3) is 3.92. The predicted octanol–water partition coefficient (Wildman–Crippen LogP) is 3.16. The number of aldehydes is 1. The number of aryl methyl sites for hydroxylation is 1. The van der Waals surface area contributed by atoms with E-state index in [4.69, 9.17) is 4.74 Å². The summed E-state index contributed by atoms with van der Waals surface area (Å²) < 4.78 is 6.95. The van der Waals surface area contributed by atoms with Gasteiger partial charge < -0.3 is 14.2 Å². The molecular formula is C18H24N2O3. The highest BCUT2D eigenvalue weighted by Gasteiger charge is 2.12. The first-order chi connectivity index (χ1) is 11.1. The van der Waals surface area contributed by atoms with Crippen LogP contribution in [0.4, 0.5) is 5.69 Å². The van der Waals surface area contributed by atoms with Gasteiger partial charge in [0.2, 0.25) is 0 Å². The molecule has 0 unspecified atom stereocenters. The summed E-state index contributed by atoms with van der Waals surface area (Å²) in [5, 5.41) is 0.942. The quantitative estimate of drug-likeness (QED) is 0.554. The van der Waals surface area contributed by atoms with Gasteiger partial charge in [0.15, 0.2) is 6.29 Å². The molecule has 1 aromatic carbocycles. The molecule has 124 valence electrons. The van der Waals surface area contributed by atoms with Gasteiger partial charge in [-0.15, -0.1) is 0 Å². The van der Waals surface area contributed by atoms with Crippen LogP contribution in [0.25, 0.3) is 10.9 Å². The molecule has 2 aromatic rings. The van der Waals surface area contributed by atoms with Crippen LogP contribution >= 0.6 is 0 Å². The third-order valence-electron chi connectivity index (χ3n) is 3.88. The minimum Gasteiger partial charge on any atom is -0.466 e. The summed E-state index contributed by atoms with van der Waals surface area (Å²) in [6.07, 6.45) is 4.07. The number of carbonyl (C=O) groups is 2. The minimum absolute atomic E-state index is 0.178. The number of benzene rings is 1. The summed E-state index contributed by atoms with van der Waals surface area (Å²) in [5.74, 6) is -0.178. The number of hydrogen-bond acceptors (Lipinski definition) is 4. The first kappa shape index (κ1) is 17.1. The average Bonchev–Trinajstić information content (AvgIpc) is 2.87. The SMILES string of the molecule is CCCN(CCC(=O)OCC)c1ccc2c(c1)c(C=O)cn2C. The van der Waals surface area contributed by atoms with Crippen molar-refractivity contribution in [3.05, 3.63) is 30.0 Å². The maximum absolute atomic E-state index is 11.6. The molecule has 0 aliphatic carbocycles. The van der Waals surface area contributed by atoms with Crippen LogP contribution in [0, 0.1) is 0 Å². The molecule has 0 radical (unpaired) electrons. The van der Waals surface area contributed by atoms with Crippen LogP contribution < -0.4 is 4.90 Å². The summed E-state index contributed by atoms with van der Waals surface area (Å²) >= 11 is 0. The number of esters is 1. The van der Waals surface area contributed by atoms with E-state index in [-0.39, 0.29) is 5.97 Å². The van der Waals surface area contributed by atoms with Crippen molar-refractivity contribution in [3.8, 4) is 0 Å². The van der Waals surface area contributed by atoms with Gasteiger partial charge in [-0.3, -0.25) is 9.59 Å². The van der Waals surface area contributed by atoms with E-state index in [1.54, 1.807) is 0 Å². The van der Waals surface area contributed by atoms with Crippen molar-refractivity contribution in [2.75, 3.05) is 24.6 Å². The lowest BCUT2D eigenvalue weighted by Crippen LogP contribution is -2.27. The molecule has 1 aromatic heterocycles. The van der Waals surface area contributed by atoms with Gasteiger partial charge in [-0.2, -0.15) is 0 Å². The lowest BCUT2D eigenvalue weighted by molar-refractivity contribution is -0.142. The van der Waals surface area contributed by atoms with Crippen molar-refractivity contribution in [3.63, 3.8) is 0 Å². The summed E-state index contributed by atoms with van der Waals surface area (Å²) in [5.41, 5.74) is 2.74. The van der Waals surface area contributed by atoms with Crippen molar-refractivity contribution in [1.29, 1.82) is 0 Å². The van der Waals surface area contributed by atoms with E-state index in [1.165, 1.54) is 0 Å². The van der Waals surface area contributed by atoms with E-state index in [1.807, 2.05) is 42.9 Å². The van der Waals surface area contributed by atoms with Gasteiger partial charge in [-0.05, 0) is 31.5 Å². The molecule has 0 fully saturated rings. The molecule has 0 bridgehead atoms. The van der Waals surface area contributed by atoms with E-state index in [0.29, 0.717) is 25.1 Å². The number of hydrogen-bond donors (Lipinski definition) is 0. The normalized spacial score (nSPS) is 10.7. The molecule has 2 rings (SSSR count). The van der Waals surface area contributed by atoms with Crippen LogP contribution in [0.15, 0.2) is 24.4 Å². The molecule has 0 aliphatic heterocycles. The molecule has 0 atom stereocenters. The van der Waals surface area contributed by atoms with Gasteiger partial charge in [-0.1, -0.05) is 6.92 Å². The molecule has 0 aliphatic rings. The van der Waals surface area contributed by atoms with Crippen molar-refractivity contribution in [2.24, 2.45) is 7.05 Å². The summed E-state index contributed by atoms with van der Waals surface area (Å²) in [4.78, 5) is 25.0. The van der Waals surface area contributed by atoms with Crippen LogP contribution in [0.3, 0.4) is 0 Å². The first-order valence-corrected chi connectivity index (χ1v) is 8.05. The van der Waals surface area contributed by atoms with Gasteiger partial charge in [0.1, 0.15) is 0 Å². The molecule has 1 heterocycles. The average molecular weight is 316 g/mol. The maximum atomic E-state index is 11.6. The molecule has 0 saturated carbocycles. The fourth-order valence-electron chi connectivity index (χ4n) is 2.80.